The second-order valence-electron chi connectivity index (χ2n) is 6.23. The highest BCUT2D eigenvalue weighted by Crippen LogP contribution is 2.24. The van der Waals surface area contributed by atoms with Crippen molar-refractivity contribution < 1.29 is 4.79 Å². The molecule has 3 rings (SSSR count). The highest BCUT2D eigenvalue weighted by atomic mass is 16.1. The van der Waals surface area contributed by atoms with Gasteiger partial charge in [0.1, 0.15) is 6.29 Å². The molecule has 0 amide bonds. The van der Waals surface area contributed by atoms with E-state index in [0.29, 0.717) is 6.42 Å². The molecule has 0 N–H and O–H groups in total. The highest BCUT2D eigenvalue weighted by Gasteiger charge is 2.11. The van der Waals surface area contributed by atoms with Gasteiger partial charge in [-0.2, -0.15) is 0 Å². The van der Waals surface area contributed by atoms with E-state index in [4.69, 9.17) is 0 Å². The zero-order valence-electron chi connectivity index (χ0n) is 14.2. The molecular formula is C24H22O. The van der Waals surface area contributed by atoms with E-state index in [9.17, 15) is 4.79 Å². The molecule has 0 saturated heterocycles. The van der Waals surface area contributed by atoms with E-state index in [2.05, 4.69) is 66.7 Å². The molecule has 124 valence electrons. The molecule has 0 fully saturated rings. The maximum absolute atomic E-state index is 11.7. The topological polar surface area (TPSA) is 17.1 Å². The first-order chi connectivity index (χ1) is 12.3. The van der Waals surface area contributed by atoms with Gasteiger partial charge in [0.05, 0.1) is 0 Å². The Kier molecular flexibility index (Phi) is 5.95. The fraction of sp³-hybridized carbons (Fsp3) is 0.125. The Bertz CT molecular complexity index is 804. The van der Waals surface area contributed by atoms with Crippen molar-refractivity contribution in [2.24, 2.45) is 0 Å². The summed E-state index contributed by atoms with van der Waals surface area (Å²) in [7, 11) is 0. The maximum Gasteiger partial charge on any atom is 0.146 e. The second-order valence-corrected chi connectivity index (χ2v) is 6.23. The Balaban J connectivity index is 1.88. The molecule has 3 aromatic carbocycles. The van der Waals surface area contributed by atoms with Crippen molar-refractivity contribution in [3.63, 3.8) is 0 Å². The lowest BCUT2D eigenvalue weighted by Gasteiger charge is -2.15. The molecule has 0 heterocycles. The van der Waals surface area contributed by atoms with Gasteiger partial charge >= 0.3 is 0 Å². The Hall–Kier alpha value is -2.93. The Labute approximate surface area is 149 Å². The van der Waals surface area contributed by atoms with Crippen LogP contribution in [0.4, 0.5) is 0 Å². The predicted molar refractivity (Wildman–Crippen MR) is 104 cm³/mol. The molecule has 0 spiro atoms. The normalized spacial score (nSPS) is 12.6. The molecule has 25 heavy (non-hydrogen) atoms. The molecule has 0 aromatic heterocycles. The Morgan fingerprint density at radius 3 is 1.80 bits per heavy atom. The highest BCUT2D eigenvalue weighted by molar-refractivity contribution is 5.74. The summed E-state index contributed by atoms with van der Waals surface area (Å²) in [4.78, 5) is 11.7. The number of allylic oxidation sites excluding steroid dienone is 2. The van der Waals surface area contributed by atoms with Gasteiger partial charge in [-0.3, -0.25) is 4.79 Å². The van der Waals surface area contributed by atoms with Crippen molar-refractivity contribution in [2.45, 2.75) is 18.8 Å². The number of carbonyl (C=O) groups excluding carboxylic acids is 1. The third kappa shape index (κ3) is 5.02. The summed E-state index contributed by atoms with van der Waals surface area (Å²) in [6.45, 7) is 0. The first kappa shape index (κ1) is 16.9. The number of benzene rings is 3. The third-order valence-corrected chi connectivity index (χ3v) is 4.34. The lowest BCUT2D eigenvalue weighted by molar-refractivity contribution is -0.105. The summed E-state index contributed by atoms with van der Waals surface area (Å²) >= 11 is 0. The molecule has 0 radical (unpaired) electrons. The van der Waals surface area contributed by atoms with Crippen molar-refractivity contribution in [3.8, 4) is 0 Å². The van der Waals surface area contributed by atoms with Crippen LogP contribution in [0.25, 0.3) is 0 Å². The van der Waals surface area contributed by atoms with Crippen LogP contribution >= 0.6 is 0 Å². The van der Waals surface area contributed by atoms with E-state index >= 15 is 0 Å². The average molecular weight is 326 g/mol. The molecule has 3 aromatic rings. The largest absolute Gasteiger partial charge is 0.298 e. The number of carbonyl (C=O) groups is 1. The Morgan fingerprint density at radius 2 is 1.24 bits per heavy atom. The minimum atomic E-state index is 0.188. The van der Waals surface area contributed by atoms with Gasteiger partial charge in [0, 0.05) is 12.3 Å². The smallest absolute Gasteiger partial charge is 0.146 e. The van der Waals surface area contributed by atoms with Crippen LogP contribution in [0.5, 0.6) is 0 Å². The maximum atomic E-state index is 11.7. The van der Waals surface area contributed by atoms with Gasteiger partial charge in [-0.25, -0.2) is 0 Å². The lowest BCUT2D eigenvalue weighted by Crippen LogP contribution is -2.03. The number of rotatable bonds is 7. The van der Waals surface area contributed by atoms with Crippen molar-refractivity contribution in [3.05, 3.63) is 119 Å². The summed E-state index contributed by atoms with van der Waals surface area (Å²) in [5.74, 6) is 0.188. The van der Waals surface area contributed by atoms with Gasteiger partial charge in [-0.1, -0.05) is 97.1 Å². The first-order valence-electron chi connectivity index (χ1n) is 8.64. The Morgan fingerprint density at radius 1 is 0.720 bits per heavy atom. The predicted octanol–water partition coefficient (Wildman–Crippen LogP) is 5.38. The third-order valence-electron chi connectivity index (χ3n) is 4.34. The fourth-order valence-corrected chi connectivity index (χ4v) is 3.07. The minimum absolute atomic E-state index is 0.188. The van der Waals surface area contributed by atoms with Crippen LogP contribution in [0.15, 0.2) is 103 Å². The van der Waals surface area contributed by atoms with Crippen molar-refractivity contribution >= 4 is 6.29 Å². The summed E-state index contributed by atoms with van der Waals surface area (Å²) in [6, 6.07) is 31.0. The van der Waals surface area contributed by atoms with Crippen LogP contribution in [0.1, 0.15) is 22.6 Å². The summed E-state index contributed by atoms with van der Waals surface area (Å²) in [6.07, 6.45) is 4.68. The summed E-state index contributed by atoms with van der Waals surface area (Å²) in [5, 5.41) is 0. The molecule has 0 saturated carbocycles. The van der Waals surface area contributed by atoms with Gasteiger partial charge in [-0.15, -0.1) is 0 Å². The molecule has 1 heteroatoms. The van der Waals surface area contributed by atoms with Gasteiger partial charge in [0.2, 0.25) is 0 Å². The van der Waals surface area contributed by atoms with E-state index in [0.717, 1.165) is 23.8 Å². The van der Waals surface area contributed by atoms with Crippen molar-refractivity contribution in [1.29, 1.82) is 0 Å². The number of hydrogen-bond acceptors (Lipinski definition) is 1. The van der Waals surface area contributed by atoms with E-state index in [1.54, 1.807) is 0 Å². The van der Waals surface area contributed by atoms with Crippen LogP contribution in [-0.2, 0) is 17.6 Å². The number of aldehydes is 1. The molecule has 1 atom stereocenters. The monoisotopic (exact) mass is 326 g/mol. The van der Waals surface area contributed by atoms with E-state index in [1.165, 1.54) is 11.1 Å². The van der Waals surface area contributed by atoms with Gasteiger partial charge in [-0.05, 0) is 28.7 Å². The average Bonchev–Trinajstić information content (AvgIpc) is 2.69. The van der Waals surface area contributed by atoms with E-state index in [-0.39, 0.29) is 5.92 Å². The fourth-order valence-electron chi connectivity index (χ4n) is 3.07. The molecule has 1 nitrogen and oxygen atoms in total. The van der Waals surface area contributed by atoms with Gasteiger partial charge in [0.15, 0.2) is 0 Å². The van der Waals surface area contributed by atoms with Crippen LogP contribution in [-0.4, -0.2) is 6.29 Å². The van der Waals surface area contributed by atoms with Crippen LogP contribution in [0, 0.1) is 0 Å². The molecular weight excluding hydrogens is 304 g/mol. The van der Waals surface area contributed by atoms with Crippen LogP contribution < -0.4 is 0 Å². The zero-order valence-corrected chi connectivity index (χ0v) is 14.2. The first-order valence-corrected chi connectivity index (χ1v) is 8.64. The lowest BCUT2D eigenvalue weighted by atomic mass is 9.89. The van der Waals surface area contributed by atoms with E-state index in [1.807, 2.05) is 30.3 Å². The quantitative estimate of drug-likeness (QED) is 0.421. The van der Waals surface area contributed by atoms with Crippen LogP contribution in [0.2, 0.25) is 0 Å². The molecule has 0 bridgehead atoms. The molecule has 0 aliphatic rings. The molecule has 0 aliphatic carbocycles. The van der Waals surface area contributed by atoms with Crippen molar-refractivity contribution in [2.75, 3.05) is 0 Å². The van der Waals surface area contributed by atoms with Crippen molar-refractivity contribution in [1.82, 2.24) is 0 Å². The van der Waals surface area contributed by atoms with Gasteiger partial charge in [0.25, 0.3) is 0 Å². The van der Waals surface area contributed by atoms with Crippen LogP contribution in [0.3, 0.4) is 0 Å². The molecule has 0 aliphatic heterocycles. The summed E-state index contributed by atoms with van der Waals surface area (Å²) in [5.41, 5.74) is 4.50. The standard InChI is InChI=1S/C24H22O/c25-19-22(16-20-10-4-1-5-11-20)18-24(23-14-8-3-9-15-23)17-21-12-6-2-7-13-21/h1-15,18-19,24H,16-17H2/b22-18+. The molecule has 1 unspecified atom stereocenters. The number of hydrogen-bond donors (Lipinski definition) is 0. The summed E-state index contributed by atoms with van der Waals surface area (Å²) < 4.78 is 0. The zero-order chi connectivity index (χ0) is 17.3. The SMILES string of the molecule is O=C/C(=C/C(Cc1ccccc1)c1ccccc1)Cc1ccccc1. The van der Waals surface area contributed by atoms with Gasteiger partial charge < -0.3 is 0 Å². The minimum Gasteiger partial charge on any atom is -0.298 e. The van der Waals surface area contributed by atoms with E-state index < -0.39 is 0 Å². The second kappa shape index (κ2) is 8.79.